The van der Waals surface area contributed by atoms with Crippen LogP contribution >= 0.6 is 0 Å². The van der Waals surface area contributed by atoms with E-state index in [1.165, 1.54) is 10.8 Å². The number of aromatic nitrogens is 1. The van der Waals surface area contributed by atoms with Gasteiger partial charge in [0.25, 0.3) is 0 Å². The van der Waals surface area contributed by atoms with Gasteiger partial charge in [0.2, 0.25) is 0 Å². The molecule has 2 aromatic carbocycles. The molecule has 0 saturated carbocycles. The highest BCUT2D eigenvalue weighted by Gasteiger charge is 2.13. The van der Waals surface area contributed by atoms with Gasteiger partial charge in [-0.2, -0.15) is 0 Å². The van der Waals surface area contributed by atoms with Gasteiger partial charge in [0.15, 0.2) is 0 Å². The van der Waals surface area contributed by atoms with E-state index < -0.39 is 0 Å². The summed E-state index contributed by atoms with van der Waals surface area (Å²) in [7, 11) is 1.70. The standard InChI is InChI=1S/C18H18N2O/c1-21-18-7-6-13-4-2-3-5-15(13)16(18)12-17(19)14-8-10-20-11-9-14/h2-11,17H,12,19H2,1H3. The number of ether oxygens (including phenoxy) is 1. The van der Waals surface area contributed by atoms with Crippen LogP contribution in [0.15, 0.2) is 60.9 Å². The molecule has 3 nitrogen and oxygen atoms in total. The Bertz CT molecular complexity index is 741. The highest BCUT2D eigenvalue weighted by atomic mass is 16.5. The lowest BCUT2D eigenvalue weighted by Crippen LogP contribution is -2.14. The summed E-state index contributed by atoms with van der Waals surface area (Å²) in [6.45, 7) is 0. The second kappa shape index (κ2) is 5.94. The minimum Gasteiger partial charge on any atom is -0.496 e. The molecular formula is C18H18N2O. The molecule has 1 atom stereocenters. The van der Waals surface area contributed by atoms with Crippen molar-refractivity contribution in [1.29, 1.82) is 0 Å². The molecule has 0 aliphatic carbocycles. The third-order valence-electron chi connectivity index (χ3n) is 3.78. The number of pyridine rings is 1. The molecule has 0 aliphatic heterocycles. The van der Waals surface area contributed by atoms with Gasteiger partial charge in [-0.05, 0) is 41.0 Å². The Morgan fingerprint density at radius 2 is 1.81 bits per heavy atom. The van der Waals surface area contributed by atoms with Crippen LogP contribution in [-0.4, -0.2) is 12.1 Å². The lowest BCUT2D eigenvalue weighted by molar-refractivity contribution is 0.409. The zero-order valence-corrected chi connectivity index (χ0v) is 12.0. The fourth-order valence-electron chi connectivity index (χ4n) is 2.67. The molecule has 21 heavy (non-hydrogen) atoms. The first-order valence-electron chi connectivity index (χ1n) is 6.99. The van der Waals surface area contributed by atoms with Crippen LogP contribution in [0.2, 0.25) is 0 Å². The molecule has 1 heterocycles. The van der Waals surface area contributed by atoms with Crippen LogP contribution in [0.5, 0.6) is 5.75 Å². The predicted octanol–water partition coefficient (Wildman–Crippen LogP) is 3.49. The first-order valence-corrected chi connectivity index (χ1v) is 6.99. The van der Waals surface area contributed by atoms with Crippen LogP contribution in [0.4, 0.5) is 0 Å². The molecule has 3 heteroatoms. The Labute approximate surface area is 124 Å². The van der Waals surface area contributed by atoms with Crippen molar-refractivity contribution in [1.82, 2.24) is 4.98 Å². The summed E-state index contributed by atoms with van der Waals surface area (Å²) in [5.74, 6) is 0.887. The van der Waals surface area contributed by atoms with E-state index in [4.69, 9.17) is 10.5 Å². The maximum Gasteiger partial charge on any atom is 0.122 e. The van der Waals surface area contributed by atoms with Crippen molar-refractivity contribution in [2.45, 2.75) is 12.5 Å². The second-order valence-corrected chi connectivity index (χ2v) is 5.06. The van der Waals surface area contributed by atoms with Gasteiger partial charge in [0, 0.05) is 24.0 Å². The van der Waals surface area contributed by atoms with Crippen LogP contribution in [0.1, 0.15) is 17.2 Å². The molecule has 0 spiro atoms. The average Bonchev–Trinajstić information content (AvgIpc) is 2.56. The average molecular weight is 278 g/mol. The Balaban J connectivity index is 2.03. The summed E-state index contributed by atoms with van der Waals surface area (Å²) in [5, 5.41) is 2.40. The molecule has 0 fully saturated rings. The minimum absolute atomic E-state index is 0.0762. The van der Waals surface area contributed by atoms with E-state index >= 15 is 0 Å². The maximum absolute atomic E-state index is 6.36. The summed E-state index contributed by atoms with van der Waals surface area (Å²) in [6.07, 6.45) is 4.28. The molecule has 0 bridgehead atoms. The van der Waals surface area contributed by atoms with Gasteiger partial charge in [-0.1, -0.05) is 30.3 Å². The van der Waals surface area contributed by atoms with Gasteiger partial charge in [-0.25, -0.2) is 0 Å². The normalized spacial score (nSPS) is 12.3. The van der Waals surface area contributed by atoms with E-state index in [2.05, 4.69) is 23.2 Å². The van der Waals surface area contributed by atoms with Crippen LogP contribution < -0.4 is 10.5 Å². The van der Waals surface area contributed by atoms with Crippen molar-refractivity contribution >= 4 is 10.8 Å². The summed E-state index contributed by atoms with van der Waals surface area (Å²) in [4.78, 5) is 4.04. The van der Waals surface area contributed by atoms with Gasteiger partial charge < -0.3 is 10.5 Å². The zero-order valence-electron chi connectivity index (χ0n) is 12.0. The molecular weight excluding hydrogens is 260 g/mol. The lowest BCUT2D eigenvalue weighted by Gasteiger charge is -2.16. The third kappa shape index (κ3) is 2.73. The largest absolute Gasteiger partial charge is 0.496 e. The monoisotopic (exact) mass is 278 g/mol. The molecule has 0 saturated heterocycles. The van der Waals surface area contributed by atoms with Crippen LogP contribution in [-0.2, 0) is 6.42 Å². The molecule has 0 radical (unpaired) electrons. The molecule has 1 aromatic heterocycles. The van der Waals surface area contributed by atoms with E-state index in [-0.39, 0.29) is 6.04 Å². The van der Waals surface area contributed by atoms with E-state index in [0.29, 0.717) is 0 Å². The van der Waals surface area contributed by atoms with Crippen molar-refractivity contribution in [3.63, 3.8) is 0 Å². The molecule has 0 amide bonds. The number of nitrogens with zero attached hydrogens (tertiary/aromatic N) is 1. The molecule has 106 valence electrons. The molecule has 0 aliphatic rings. The highest BCUT2D eigenvalue weighted by Crippen LogP contribution is 2.31. The van der Waals surface area contributed by atoms with E-state index in [0.717, 1.165) is 23.3 Å². The van der Waals surface area contributed by atoms with E-state index in [1.54, 1.807) is 19.5 Å². The quantitative estimate of drug-likeness (QED) is 0.794. The molecule has 3 aromatic rings. The van der Waals surface area contributed by atoms with E-state index in [9.17, 15) is 0 Å². The summed E-state index contributed by atoms with van der Waals surface area (Å²) in [6, 6.07) is 16.2. The number of hydrogen-bond donors (Lipinski definition) is 1. The summed E-state index contributed by atoms with van der Waals surface area (Å²) >= 11 is 0. The highest BCUT2D eigenvalue weighted by molar-refractivity contribution is 5.87. The Kier molecular flexibility index (Phi) is 3.84. The Hall–Kier alpha value is -2.39. The summed E-state index contributed by atoms with van der Waals surface area (Å²) < 4.78 is 5.52. The topological polar surface area (TPSA) is 48.1 Å². The van der Waals surface area contributed by atoms with Crippen molar-refractivity contribution in [3.05, 3.63) is 72.1 Å². The first-order chi connectivity index (χ1) is 10.3. The van der Waals surface area contributed by atoms with Crippen molar-refractivity contribution in [2.75, 3.05) is 7.11 Å². The minimum atomic E-state index is -0.0762. The van der Waals surface area contributed by atoms with Crippen LogP contribution in [0, 0.1) is 0 Å². The van der Waals surface area contributed by atoms with Gasteiger partial charge in [-0.3, -0.25) is 4.98 Å². The second-order valence-electron chi connectivity index (χ2n) is 5.06. The third-order valence-corrected chi connectivity index (χ3v) is 3.78. The lowest BCUT2D eigenvalue weighted by atomic mass is 9.95. The molecule has 1 unspecified atom stereocenters. The number of benzene rings is 2. The first kappa shape index (κ1) is 13.6. The van der Waals surface area contributed by atoms with E-state index in [1.807, 2.05) is 30.3 Å². The number of hydrogen-bond acceptors (Lipinski definition) is 3. The number of fused-ring (bicyclic) bond motifs is 1. The zero-order chi connectivity index (χ0) is 14.7. The van der Waals surface area contributed by atoms with Crippen molar-refractivity contribution in [2.24, 2.45) is 5.73 Å². The van der Waals surface area contributed by atoms with Gasteiger partial charge in [0.1, 0.15) is 5.75 Å². The smallest absolute Gasteiger partial charge is 0.122 e. The fraction of sp³-hybridized carbons (Fsp3) is 0.167. The fourth-order valence-corrected chi connectivity index (χ4v) is 2.67. The summed E-state index contributed by atoms with van der Waals surface area (Å²) in [5.41, 5.74) is 8.59. The van der Waals surface area contributed by atoms with Gasteiger partial charge in [-0.15, -0.1) is 0 Å². The van der Waals surface area contributed by atoms with Gasteiger partial charge >= 0.3 is 0 Å². The Morgan fingerprint density at radius 1 is 1.05 bits per heavy atom. The molecule has 2 N–H and O–H groups in total. The van der Waals surface area contributed by atoms with Crippen molar-refractivity contribution in [3.8, 4) is 5.75 Å². The Morgan fingerprint density at radius 3 is 2.57 bits per heavy atom. The number of nitrogens with two attached hydrogens (primary N) is 1. The van der Waals surface area contributed by atoms with Crippen molar-refractivity contribution < 1.29 is 4.74 Å². The van der Waals surface area contributed by atoms with Gasteiger partial charge in [0.05, 0.1) is 7.11 Å². The maximum atomic E-state index is 6.36. The SMILES string of the molecule is COc1ccc2ccccc2c1CC(N)c1ccncc1. The molecule has 3 rings (SSSR count). The predicted molar refractivity (Wildman–Crippen MR) is 85.4 cm³/mol. The number of methoxy groups -OCH3 is 1. The van der Waals surface area contributed by atoms with Crippen LogP contribution in [0.3, 0.4) is 0 Å². The number of rotatable bonds is 4. The van der Waals surface area contributed by atoms with Crippen LogP contribution in [0.25, 0.3) is 10.8 Å².